The third-order valence-electron chi connectivity index (χ3n) is 9.70. The molecule has 0 saturated heterocycles. The number of rotatable bonds is 6. The number of fused-ring (bicyclic) bond motifs is 1. The summed E-state index contributed by atoms with van der Waals surface area (Å²) in [5.41, 5.74) is 1.72. The molecule has 0 amide bonds. The van der Waals surface area contributed by atoms with Crippen molar-refractivity contribution in [3.05, 3.63) is 90.6 Å². The second-order valence-electron chi connectivity index (χ2n) is 12.5. The Kier molecular flexibility index (Phi) is 6.88. The zero-order valence-electron chi connectivity index (χ0n) is 24.5. The molecule has 0 N–H and O–H groups in total. The number of esters is 2. The van der Waals surface area contributed by atoms with Crippen LogP contribution in [0.1, 0.15) is 62.6 Å². The number of nitrogens with zero attached hydrogens (tertiary/aromatic N) is 2. The quantitative estimate of drug-likeness (QED) is 0.306. The number of benzene rings is 2. The molecule has 4 fully saturated rings. The zero-order chi connectivity index (χ0) is 29.9. The Hall–Kier alpha value is -3.98. The van der Waals surface area contributed by atoms with Crippen molar-refractivity contribution in [2.45, 2.75) is 51.5 Å². The molecule has 0 spiro atoms. The summed E-state index contributed by atoms with van der Waals surface area (Å²) in [7, 11) is 2.87. The van der Waals surface area contributed by atoms with E-state index < -0.39 is 12.0 Å². The summed E-state index contributed by atoms with van der Waals surface area (Å²) in [6.07, 6.45) is 8.33. The van der Waals surface area contributed by atoms with Gasteiger partial charge in [-0.15, -0.1) is 0 Å². The molecule has 9 heteroatoms. The second kappa shape index (κ2) is 10.6. The van der Waals surface area contributed by atoms with Gasteiger partial charge in [0.15, 0.2) is 16.3 Å². The Morgan fingerprint density at radius 2 is 1.65 bits per heavy atom. The number of carbonyl (C=O) groups is 2. The van der Waals surface area contributed by atoms with Crippen LogP contribution >= 0.6 is 11.3 Å². The van der Waals surface area contributed by atoms with Crippen molar-refractivity contribution in [2.75, 3.05) is 14.2 Å². The molecule has 8 nitrogen and oxygen atoms in total. The minimum atomic E-state index is -0.659. The highest BCUT2D eigenvalue weighted by molar-refractivity contribution is 7.07. The predicted molar refractivity (Wildman–Crippen MR) is 161 cm³/mol. The third kappa shape index (κ3) is 4.74. The van der Waals surface area contributed by atoms with Crippen molar-refractivity contribution in [2.24, 2.45) is 28.2 Å². The summed E-state index contributed by atoms with van der Waals surface area (Å²) in [5.74, 6) is 2.10. The first-order valence-corrected chi connectivity index (χ1v) is 15.7. The monoisotopic (exact) mass is 598 g/mol. The predicted octanol–water partition coefficient (Wildman–Crippen LogP) is 4.54. The van der Waals surface area contributed by atoms with Gasteiger partial charge in [0, 0.05) is 0 Å². The Morgan fingerprint density at radius 1 is 0.977 bits per heavy atom. The lowest BCUT2D eigenvalue weighted by molar-refractivity contribution is -0.161. The van der Waals surface area contributed by atoms with Gasteiger partial charge in [-0.3, -0.25) is 14.2 Å². The molecule has 1 aromatic heterocycles. The molecule has 2 aromatic carbocycles. The van der Waals surface area contributed by atoms with Crippen molar-refractivity contribution >= 4 is 29.4 Å². The first kappa shape index (κ1) is 27.8. The Morgan fingerprint density at radius 3 is 2.28 bits per heavy atom. The molecule has 1 unspecified atom stereocenters. The van der Waals surface area contributed by atoms with E-state index in [-0.39, 0.29) is 16.9 Å². The zero-order valence-corrected chi connectivity index (χ0v) is 25.3. The smallest absolute Gasteiger partial charge is 0.338 e. The van der Waals surface area contributed by atoms with E-state index in [4.69, 9.17) is 14.2 Å². The minimum absolute atomic E-state index is 0.136. The van der Waals surface area contributed by atoms with Gasteiger partial charge in [0.2, 0.25) is 0 Å². The van der Waals surface area contributed by atoms with E-state index in [2.05, 4.69) is 4.99 Å². The van der Waals surface area contributed by atoms with Crippen LogP contribution in [0.2, 0.25) is 0 Å². The van der Waals surface area contributed by atoms with E-state index in [0.717, 1.165) is 30.4 Å². The molecule has 3 aromatic rings. The van der Waals surface area contributed by atoms with Crippen molar-refractivity contribution < 1.29 is 23.8 Å². The number of allylic oxidation sites excluding steroid dienone is 1. The number of thiazole rings is 1. The molecule has 0 radical (unpaired) electrons. The van der Waals surface area contributed by atoms with Crippen LogP contribution in [0.25, 0.3) is 6.08 Å². The number of ether oxygens (including phenoxy) is 3. The highest BCUT2D eigenvalue weighted by atomic mass is 32.1. The standard InChI is InChI=1S/C34H34N2O6S/c1-19-28(31(38)41-3)29(24-7-5-4-6-8-24)36-30(37)27(43-33(36)35-19)15-20-9-10-25(26(14-20)40-2)42-32(39)34-16-21-11-22(17-34)13-23(12-21)18-34/h4-10,14-15,21-23,29H,11-13,16-18H2,1-3H3. The molecule has 4 bridgehead atoms. The molecule has 8 rings (SSSR count). The minimum Gasteiger partial charge on any atom is -0.493 e. The van der Waals surface area contributed by atoms with E-state index in [1.807, 2.05) is 36.4 Å². The number of hydrogen-bond acceptors (Lipinski definition) is 8. The van der Waals surface area contributed by atoms with Gasteiger partial charge in [-0.05, 0) is 92.5 Å². The summed E-state index contributed by atoms with van der Waals surface area (Å²) >= 11 is 1.26. The van der Waals surface area contributed by atoms with Crippen LogP contribution < -0.4 is 24.4 Å². The normalized spacial score (nSPS) is 27.5. The van der Waals surface area contributed by atoms with E-state index in [0.29, 0.717) is 49.9 Å². The molecule has 1 aliphatic heterocycles. The van der Waals surface area contributed by atoms with Crippen molar-refractivity contribution in [1.82, 2.24) is 4.57 Å². The van der Waals surface area contributed by atoms with Crippen LogP contribution in [0.5, 0.6) is 11.5 Å². The third-order valence-corrected chi connectivity index (χ3v) is 10.7. The van der Waals surface area contributed by atoms with Crippen LogP contribution in [0.3, 0.4) is 0 Å². The van der Waals surface area contributed by atoms with Gasteiger partial charge >= 0.3 is 11.9 Å². The molecular weight excluding hydrogens is 564 g/mol. The average Bonchev–Trinajstić information content (AvgIpc) is 3.30. The number of carbonyl (C=O) groups excluding carboxylic acids is 2. The Bertz CT molecular complexity index is 1800. The maximum Gasteiger partial charge on any atom is 0.338 e. The Labute approximate surface area is 253 Å². The van der Waals surface area contributed by atoms with Gasteiger partial charge in [-0.1, -0.05) is 47.7 Å². The van der Waals surface area contributed by atoms with Gasteiger partial charge in [0.05, 0.1) is 41.5 Å². The number of aromatic nitrogens is 1. The summed E-state index contributed by atoms with van der Waals surface area (Å²) in [6, 6.07) is 14.1. The van der Waals surface area contributed by atoms with Crippen LogP contribution in [0.4, 0.5) is 0 Å². The van der Waals surface area contributed by atoms with Crippen molar-refractivity contribution in [1.29, 1.82) is 0 Å². The molecule has 4 saturated carbocycles. The van der Waals surface area contributed by atoms with E-state index in [1.165, 1.54) is 37.7 Å². The van der Waals surface area contributed by atoms with E-state index >= 15 is 0 Å². The first-order valence-electron chi connectivity index (χ1n) is 14.8. The van der Waals surface area contributed by atoms with Gasteiger partial charge in [0.25, 0.3) is 5.56 Å². The fraction of sp³-hybridized carbons (Fsp3) is 0.412. The van der Waals surface area contributed by atoms with E-state index in [1.54, 1.807) is 36.8 Å². The summed E-state index contributed by atoms with van der Waals surface area (Å²) in [5, 5.41) is 0. The average molecular weight is 599 g/mol. The van der Waals surface area contributed by atoms with Crippen LogP contribution in [-0.4, -0.2) is 30.7 Å². The topological polar surface area (TPSA) is 96.2 Å². The SMILES string of the molecule is COC(=O)C1=C(C)N=c2sc(=Cc3ccc(OC(=O)C45CC6CC(CC(C6)C4)C5)c(OC)c3)c(=O)n2C1c1ccccc1. The summed E-state index contributed by atoms with van der Waals surface area (Å²) < 4.78 is 18.8. The highest BCUT2D eigenvalue weighted by Gasteiger charge is 2.55. The highest BCUT2D eigenvalue weighted by Crippen LogP contribution is 2.60. The molecule has 2 heterocycles. The van der Waals surface area contributed by atoms with Crippen LogP contribution in [0.15, 0.2) is 69.6 Å². The molecule has 1 atom stereocenters. The van der Waals surface area contributed by atoms with E-state index in [9.17, 15) is 14.4 Å². The number of methoxy groups -OCH3 is 2. The fourth-order valence-corrected chi connectivity index (χ4v) is 9.27. The largest absolute Gasteiger partial charge is 0.493 e. The number of hydrogen-bond donors (Lipinski definition) is 0. The molecule has 5 aliphatic rings. The lowest BCUT2D eigenvalue weighted by atomic mass is 9.49. The molecular formula is C34H34N2O6S. The van der Waals surface area contributed by atoms with Crippen LogP contribution in [-0.2, 0) is 14.3 Å². The van der Waals surface area contributed by atoms with Crippen LogP contribution in [0, 0.1) is 23.2 Å². The van der Waals surface area contributed by atoms with Gasteiger partial charge < -0.3 is 14.2 Å². The maximum atomic E-state index is 13.8. The van der Waals surface area contributed by atoms with Gasteiger partial charge in [-0.25, -0.2) is 9.79 Å². The maximum absolute atomic E-state index is 13.8. The lowest BCUT2D eigenvalue weighted by Gasteiger charge is -2.55. The lowest BCUT2D eigenvalue weighted by Crippen LogP contribution is -2.51. The molecule has 43 heavy (non-hydrogen) atoms. The second-order valence-corrected chi connectivity index (χ2v) is 13.5. The van der Waals surface area contributed by atoms with Crippen molar-refractivity contribution in [3.63, 3.8) is 0 Å². The first-order chi connectivity index (χ1) is 20.8. The van der Waals surface area contributed by atoms with Crippen molar-refractivity contribution in [3.8, 4) is 11.5 Å². The van der Waals surface area contributed by atoms with Gasteiger partial charge in [0.1, 0.15) is 0 Å². The van der Waals surface area contributed by atoms with Gasteiger partial charge in [-0.2, -0.15) is 0 Å². The molecule has 222 valence electrons. The summed E-state index contributed by atoms with van der Waals surface area (Å²) in [4.78, 5) is 45.3. The molecule has 4 aliphatic carbocycles. The Balaban J connectivity index is 1.22. The summed E-state index contributed by atoms with van der Waals surface area (Å²) in [6.45, 7) is 1.76. The fourth-order valence-electron chi connectivity index (χ4n) is 8.22.